The SMILES string of the molecule is COc1cc(OC)cc([C@@H]2SCCN2C(=O)c2ccc(OC)cc2OC)c1. The lowest BCUT2D eigenvalue weighted by molar-refractivity contribution is 0.0756. The lowest BCUT2D eigenvalue weighted by Crippen LogP contribution is -2.30. The number of methoxy groups -OCH3 is 4. The lowest BCUT2D eigenvalue weighted by Gasteiger charge is -2.25. The second-order valence-electron chi connectivity index (χ2n) is 5.93. The van der Waals surface area contributed by atoms with Crippen LogP contribution in [0.5, 0.6) is 23.0 Å². The number of amides is 1. The molecule has 27 heavy (non-hydrogen) atoms. The zero-order chi connectivity index (χ0) is 19.4. The normalized spacial score (nSPS) is 16.1. The Morgan fingerprint density at radius 1 is 0.926 bits per heavy atom. The molecule has 0 unspecified atom stereocenters. The number of nitrogens with zero attached hydrogens (tertiary/aromatic N) is 1. The quantitative estimate of drug-likeness (QED) is 0.752. The molecule has 0 saturated carbocycles. The molecule has 144 valence electrons. The molecule has 2 aromatic carbocycles. The first-order valence-corrected chi connectivity index (χ1v) is 9.53. The van der Waals surface area contributed by atoms with Crippen molar-refractivity contribution in [3.8, 4) is 23.0 Å². The number of hydrogen-bond acceptors (Lipinski definition) is 6. The van der Waals surface area contributed by atoms with Crippen molar-refractivity contribution in [3.63, 3.8) is 0 Å². The zero-order valence-corrected chi connectivity index (χ0v) is 16.7. The Kier molecular flexibility index (Phi) is 6.01. The maximum absolute atomic E-state index is 13.2. The van der Waals surface area contributed by atoms with E-state index in [9.17, 15) is 4.79 Å². The van der Waals surface area contributed by atoms with E-state index in [2.05, 4.69) is 0 Å². The van der Waals surface area contributed by atoms with Gasteiger partial charge in [0, 0.05) is 24.4 Å². The standard InChI is InChI=1S/C20H23NO5S/c1-23-14-5-6-17(18(12-14)26-4)19(22)21-7-8-27-20(21)13-9-15(24-2)11-16(10-13)25-3/h5-6,9-12,20H,7-8H2,1-4H3/t20-/m0/s1. The summed E-state index contributed by atoms with van der Waals surface area (Å²) in [7, 11) is 6.37. The summed E-state index contributed by atoms with van der Waals surface area (Å²) in [6.45, 7) is 0.656. The van der Waals surface area contributed by atoms with Crippen LogP contribution in [-0.4, -0.2) is 51.5 Å². The molecule has 1 saturated heterocycles. The second kappa shape index (κ2) is 8.43. The lowest BCUT2D eigenvalue weighted by atomic mass is 10.1. The molecule has 0 aliphatic carbocycles. The number of hydrogen-bond donors (Lipinski definition) is 0. The first-order valence-electron chi connectivity index (χ1n) is 8.48. The van der Waals surface area contributed by atoms with Crippen LogP contribution < -0.4 is 18.9 Å². The number of carbonyl (C=O) groups is 1. The average molecular weight is 389 g/mol. The van der Waals surface area contributed by atoms with E-state index in [1.54, 1.807) is 58.4 Å². The van der Waals surface area contributed by atoms with Gasteiger partial charge in [0.1, 0.15) is 28.4 Å². The van der Waals surface area contributed by atoms with Crippen LogP contribution in [0.15, 0.2) is 36.4 Å². The van der Waals surface area contributed by atoms with E-state index < -0.39 is 0 Å². The molecule has 7 heteroatoms. The van der Waals surface area contributed by atoms with Gasteiger partial charge in [0.15, 0.2) is 0 Å². The van der Waals surface area contributed by atoms with Crippen LogP contribution in [0.3, 0.4) is 0 Å². The molecule has 0 spiro atoms. The van der Waals surface area contributed by atoms with Crippen LogP contribution in [-0.2, 0) is 0 Å². The molecule has 6 nitrogen and oxygen atoms in total. The molecule has 1 aliphatic heterocycles. The van der Waals surface area contributed by atoms with Crippen molar-refractivity contribution in [2.75, 3.05) is 40.7 Å². The third-order valence-electron chi connectivity index (χ3n) is 4.45. The van der Waals surface area contributed by atoms with E-state index in [-0.39, 0.29) is 11.3 Å². The topological polar surface area (TPSA) is 57.2 Å². The molecule has 0 N–H and O–H groups in total. The highest BCUT2D eigenvalue weighted by Crippen LogP contribution is 2.42. The monoisotopic (exact) mass is 389 g/mol. The summed E-state index contributed by atoms with van der Waals surface area (Å²) in [4.78, 5) is 15.1. The van der Waals surface area contributed by atoms with Crippen molar-refractivity contribution in [1.29, 1.82) is 0 Å². The van der Waals surface area contributed by atoms with Crippen LogP contribution in [0.4, 0.5) is 0 Å². The molecular formula is C20H23NO5S. The van der Waals surface area contributed by atoms with E-state index in [1.807, 2.05) is 23.1 Å². The summed E-state index contributed by atoms with van der Waals surface area (Å²) in [6, 6.07) is 10.9. The van der Waals surface area contributed by atoms with Crippen molar-refractivity contribution in [2.45, 2.75) is 5.37 Å². The van der Waals surface area contributed by atoms with Gasteiger partial charge in [-0.05, 0) is 29.8 Å². The number of rotatable bonds is 6. The Hall–Kier alpha value is -2.54. The van der Waals surface area contributed by atoms with Gasteiger partial charge in [-0.3, -0.25) is 4.79 Å². The van der Waals surface area contributed by atoms with Gasteiger partial charge in [0.05, 0.1) is 34.0 Å². The summed E-state index contributed by atoms with van der Waals surface area (Å²) in [5.41, 5.74) is 1.48. The smallest absolute Gasteiger partial charge is 0.258 e. The number of benzene rings is 2. The predicted molar refractivity (Wildman–Crippen MR) is 105 cm³/mol. The fraction of sp³-hybridized carbons (Fsp3) is 0.350. The first kappa shape index (κ1) is 19.2. The molecule has 2 aromatic rings. The largest absolute Gasteiger partial charge is 0.497 e. The van der Waals surface area contributed by atoms with Gasteiger partial charge >= 0.3 is 0 Å². The van der Waals surface area contributed by atoms with Gasteiger partial charge < -0.3 is 23.8 Å². The van der Waals surface area contributed by atoms with Crippen LogP contribution in [0.25, 0.3) is 0 Å². The minimum atomic E-state index is -0.117. The van der Waals surface area contributed by atoms with Crippen molar-refractivity contribution in [2.24, 2.45) is 0 Å². The Bertz CT molecular complexity index is 804. The molecule has 1 heterocycles. The highest BCUT2D eigenvalue weighted by Gasteiger charge is 2.33. The van der Waals surface area contributed by atoms with E-state index in [0.29, 0.717) is 35.1 Å². The first-order chi connectivity index (χ1) is 13.1. The minimum Gasteiger partial charge on any atom is -0.497 e. The fourth-order valence-electron chi connectivity index (χ4n) is 3.06. The van der Waals surface area contributed by atoms with Gasteiger partial charge in [-0.2, -0.15) is 0 Å². The number of ether oxygens (including phenoxy) is 4. The number of carbonyl (C=O) groups excluding carboxylic acids is 1. The third-order valence-corrected chi connectivity index (χ3v) is 5.71. The maximum atomic E-state index is 13.2. The van der Waals surface area contributed by atoms with E-state index in [1.165, 1.54) is 0 Å². The van der Waals surface area contributed by atoms with Crippen LogP contribution >= 0.6 is 11.8 Å². The van der Waals surface area contributed by atoms with E-state index in [4.69, 9.17) is 18.9 Å². The van der Waals surface area contributed by atoms with Crippen molar-refractivity contribution < 1.29 is 23.7 Å². The number of thioether (sulfide) groups is 1. The van der Waals surface area contributed by atoms with Crippen molar-refractivity contribution in [3.05, 3.63) is 47.5 Å². The maximum Gasteiger partial charge on any atom is 0.258 e. The summed E-state index contributed by atoms with van der Waals surface area (Å²) in [6.07, 6.45) is 0. The fourth-order valence-corrected chi connectivity index (χ4v) is 4.29. The Morgan fingerprint density at radius 3 is 2.19 bits per heavy atom. The van der Waals surface area contributed by atoms with E-state index in [0.717, 1.165) is 11.3 Å². The molecular weight excluding hydrogens is 366 g/mol. The van der Waals surface area contributed by atoms with Gasteiger partial charge in [-0.1, -0.05) is 0 Å². The summed E-state index contributed by atoms with van der Waals surface area (Å²) >= 11 is 1.71. The molecule has 1 aliphatic rings. The molecule has 0 radical (unpaired) electrons. The van der Waals surface area contributed by atoms with Crippen LogP contribution in [0.2, 0.25) is 0 Å². The van der Waals surface area contributed by atoms with Gasteiger partial charge in [0.25, 0.3) is 5.91 Å². The molecule has 3 rings (SSSR count). The van der Waals surface area contributed by atoms with Crippen molar-refractivity contribution in [1.82, 2.24) is 4.90 Å². The highest BCUT2D eigenvalue weighted by atomic mass is 32.2. The summed E-state index contributed by atoms with van der Waals surface area (Å²) in [5, 5.41) is -0.117. The molecule has 1 amide bonds. The Morgan fingerprint density at radius 2 is 1.59 bits per heavy atom. The van der Waals surface area contributed by atoms with Crippen LogP contribution in [0.1, 0.15) is 21.3 Å². The predicted octanol–water partition coefficient (Wildman–Crippen LogP) is 3.61. The third kappa shape index (κ3) is 3.93. The Labute approximate surface area is 163 Å². The molecule has 0 aromatic heterocycles. The van der Waals surface area contributed by atoms with E-state index >= 15 is 0 Å². The second-order valence-corrected chi connectivity index (χ2v) is 7.12. The van der Waals surface area contributed by atoms with Gasteiger partial charge in [0.2, 0.25) is 0 Å². The van der Waals surface area contributed by atoms with Gasteiger partial charge in [-0.15, -0.1) is 11.8 Å². The average Bonchev–Trinajstić information content (AvgIpc) is 3.22. The molecule has 1 atom stereocenters. The molecule has 1 fully saturated rings. The van der Waals surface area contributed by atoms with Crippen LogP contribution in [0, 0.1) is 0 Å². The van der Waals surface area contributed by atoms with Crippen molar-refractivity contribution >= 4 is 17.7 Å². The summed E-state index contributed by atoms with van der Waals surface area (Å²) in [5.74, 6) is 3.32. The summed E-state index contributed by atoms with van der Waals surface area (Å²) < 4.78 is 21.4. The highest BCUT2D eigenvalue weighted by molar-refractivity contribution is 7.99. The molecule has 0 bridgehead atoms. The Balaban J connectivity index is 1.94. The van der Waals surface area contributed by atoms with Gasteiger partial charge in [-0.25, -0.2) is 0 Å². The zero-order valence-electron chi connectivity index (χ0n) is 15.9. The minimum absolute atomic E-state index is 0.0775.